The van der Waals surface area contributed by atoms with Crippen molar-refractivity contribution < 1.29 is 22.7 Å². The predicted molar refractivity (Wildman–Crippen MR) is 116 cm³/mol. The quantitative estimate of drug-likeness (QED) is 0.564. The van der Waals surface area contributed by atoms with Gasteiger partial charge < -0.3 is 9.47 Å². The van der Waals surface area contributed by atoms with Crippen LogP contribution >= 0.6 is 11.3 Å². The second-order valence-corrected chi connectivity index (χ2v) is 9.02. The Bertz CT molecular complexity index is 1130. The van der Waals surface area contributed by atoms with Crippen molar-refractivity contribution in [2.45, 2.75) is 0 Å². The predicted octanol–water partition coefficient (Wildman–Crippen LogP) is 2.63. The van der Waals surface area contributed by atoms with E-state index in [1.807, 2.05) is 30.3 Å². The second-order valence-electron chi connectivity index (χ2n) is 6.13. The molecule has 0 aliphatic heterocycles. The lowest BCUT2D eigenvalue weighted by atomic mass is 10.2. The number of benzene rings is 2. The first kappa shape index (κ1) is 21.5. The first-order valence-electron chi connectivity index (χ1n) is 8.70. The number of nitrogens with one attached hydrogen (secondary N) is 1. The van der Waals surface area contributed by atoms with Crippen LogP contribution in [0.1, 0.15) is 0 Å². The molecule has 0 saturated heterocycles. The maximum absolute atomic E-state index is 12.6. The van der Waals surface area contributed by atoms with Crippen molar-refractivity contribution in [3.05, 3.63) is 48.5 Å². The Morgan fingerprint density at radius 3 is 2.47 bits per heavy atom. The molecule has 11 heteroatoms. The van der Waals surface area contributed by atoms with Crippen molar-refractivity contribution in [3.8, 4) is 22.1 Å². The van der Waals surface area contributed by atoms with E-state index in [1.165, 1.54) is 31.6 Å². The van der Waals surface area contributed by atoms with Gasteiger partial charge in [0, 0.05) is 11.6 Å². The molecule has 0 aliphatic carbocycles. The minimum absolute atomic E-state index is 0.191. The molecule has 158 valence electrons. The molecule has 3 aromatic rings. The van der Waals surface area contributed by atoms with Crippen LogP contribution in [0.25, 0.3) is 10.6 Å². The zero-order chi connectivity index (χ0) is 21.7. The number of carbonyl (C=O) groups is 1. The monoisotopic (exact) mass is 448 g/mol. The lowest BCUT2D eigenvalue weighted by Gasteiger charge is -2.24. The summed E-state index contributed by atoms with van der Waals surface area (Å²) < 4.78 is 36.2. The summed E-state index contributed by atoms with van der Waals surface area (Å²) in [7, 11) is -0.920. The van der Waals surface area contributed by atoms with Crippen molar-refractivity contribution in [2.75, 3.05) is 36.6 Å². The summed E-state index contributed by atoms with van der Waals surface area (Å²) in [4.78, 5) is 12.6. The van der Waals surface area contributed by atoms with Gasteiger partial charge in [0.1, 0.15) is 23.1 Å². The SMILES string of the molecule is COc1ccc(OC)c(N(CC(=O)Nc2nnc(-c3ccccc3)s2)S(C)(=O)=O)c1. The highest BCUT2D eigenvalue weighted by molar-refractivity contribution is 7.92. The van der Waals surface area contributed by atoms with Crippen LogP contribution in [0.2, 0.25) is 0 Å². The number of carbonyl (C=O) groups excluding carboxylic acids is 1. The van der Waals surface area contributed by atoms with Crippen LogP contribution in [0.15, 0.2) is 48.5 Å². The molecule has 2 aromatic carbocycles. The van der Waals surface area contributed by atoms with E-state index in [2.05, 4.69) is 15.5 Å². The average Bonchev–Trinajstić information content (AvgIpc) is 3.19. The van der Waals surface area contributed by atoms with E-state index in [1.54, 1.807) is 12.1 Å². The fourth-order valence-corrected chi connectivity index (χ4v) is 4.25. The summed E-state index contributed by atoms with van der Waals surface area (Å²) in [6.07, 6.45) is 1.01. The van der Waals surface area contributed by atoms with Crippen molar-refractivity contribution in [1.29, 1.82) is 0 Å². The van der Waals surface area contributed by atoms with E-state index in [0.717, 1.165) is 16.1 Å². The molecular formula is C19H20N4O5S2. The molecule has 1 aromatic heterocycles. The topological polar surface area (TPSA) is 111 Å². The van der Waals surface area contributed by atoms with Crippen LogP contribution in [-0.2, 0) is 14.8 Å². The number of rotatable bonds is 8. The van der Waals surface area contributed by atoms with Crippen LogP contribution in [0.3, 0.4) is 0 Å². The third-order valence-corrected chi connectivity index (χ3v) is 6.05. The van der Waals surface area contributed by atoms with Gasteiger partial charge in [0.2, 0.25) is 21.1 Å². The normalized spacial score (nSPS) is 11.0. The maximum atomic E-state index is 12.6. The summed E-state index contributed by atoms with van der Waals surface area (Å²) in [5, 5.41) is 11.5. The van der Waals surface area contributed by atoms with Gasteiger partial charge in [-0.3, -0.25) is 14.4 Å². The number of sulfonamides is 1. The molecule has 30 heavy (non-hydrogen) atoms. The lowest BCUT2D eigenvalue weighted by molar-refractivity contribution is -0.114. The molecule has 3 rings (SSSR count). The Labute approximate surface area is 178 Å². The minimum Gasteiger partial charge on any atom is -0.497 e. The Hall–Kier alpha value is -3.18. The van der Waals surface area contributed by atoms with Gasteiger partial charge in [-0.05, 0) is 12.1 Å². The molecule has 0 radical (unpaired) electrons. The lowest BCUT2D eigenvalue weighted by Crippen LogP contribution is -2.37. The van der Waals surface area contributed by atoms with Gasteiger partial charge in [-0.1, -0.05) is 41.7 Å². The van der Waals surface area contributed by atoms with E-state index in [9.17, 15) is 13.2 Å². The average molecular weight is 449 g/mol. The van der Waals surface area contributed by atoms with Crippen molar-refractivity contribution in [3.63, 3.8) is 0 Å². The van der Waals surface area contributed by atoms with Crippen LogP contribution in [0, 0.1) is 0 Å². The number of amides is 1. The standard InChI is InChI=1S/C19H20N4O5S2/c1-27-14-9-10-16(28-2)15(11-14)23(30(3,25)26)12-17(24)20-19-22-21-18(29-19)13-7-5-4-6-8-13/h4-11H,12H2,1-3H3,(H,20,22,24). The molecule has 0 bridgehead atoms. The fraction of sp³-hybridized carbons (Fsp3) is 0.211. The molecule has 0 atom stereocenters. The van der Waals surface area contributed by atoms with Gasteiger partial charge in [-0.2, -0.15) is 0 Å². The van der Waals surface area contributed by atoms with E-state index >= 15 is 0 Å². The van der Waals surface area contributed by atoms with Gasteiger partial charge >= 0.3 is 0 Å². The number of hydrogen-bond acceptors (Lipinski definition) is 8. The van der Waals surface area contributed by atoms with Crippen LogP contribution in [-0.4, -0.2) is 51.5 Å². The number of aromatic nitrogens is 2. The van der Waals surface area contributed by atoms with Crippen LogP contribution in [0.5, 0.6) is 11.5 Å². The third kappa shape index (κ3) is 5.05. The van der Waals surface area contributed by atoms with E-state index in [-0.39, 0.29) is 16.6 Å². The smallest absolute Gasteiger partial charge is 0.246 e. The minimum atomic E-state index is -3.80. The highest BCUT2D eigenvalue weighted by Crippen LogP contribution is 2.34. The molecule has 1 heterocycles. The second kappa shape index (κ2) is 9.09. The van der Waals surface area contributed by atoms with Gasteiger partial charge in [-0.15, -0.1) is 10.2 Å². The highest BCUT2D eigenvalue weighted by atomic mass is 32.2. The third-order valence-electron chi connectivity index (χ3n) is 4.03. The summed E-state index contributed by atoms with van der Waals surface area (Å²) in [6, 6.07) is 14.1. The number of ether oxygens (including phenoxy) is 2. The number of nitrogens with zero attached hydrogens (tertiary/aromatic N) is 3. The Morgan fingerprint density at radius 2 is 1.83 bits per heavy atom. The summed E-state index contributed by atoms with van der Waals surface area (Å²) in [5.74, 6) is 0.147. The molecule has 0 spiro atoms. The highest BCUT2D eigenvalue weighted by Gasteiger charge is 2.25. The Morgan fingerprint density at radius 1 is 1.10 bits per heavy atom. The molecule has 1 amide bonds. The molecule has 0 unspecified atom stereocenters. The van der Waals surface area contributed by atoms with Gasteiger partial charge in [0.05, 0.1) is 26.2 Å². The molecule has 1 N–H and O–H groups in total. The number of hydrogen-bond donors (Lipinski definition) is 1. The Kier molecular flexibility index (Phi) is 6.53. The Balaban J connectivity index is 1.82. The summed E-state index contributed by atoms with van der Waals surface area (Å²) in [6.45, 7) is -0.470. The zero-order valence-corrected chi connectivity index (χ0v) is 18.2. The number of methoxy groups -OCH3 is 2. The summed E-state index contributed by atoms with van der Waals surface area (Å²) in [5.41, 5.74) is 1.06. The van der Waals surface area contributed by atoms with Gasteiger partial charge in [0.15, 0.2) is 0 Å². The molecule has 0 saturated carbocycles. The first-order chi connectivity index (χ1) is 14.3. The van der Waals surface area contributed by atoms with Crippen molar-refractivity contribution in [2.24, 2.45) is 0 Å². The maximum Gasteiger partial charge on any atom is 0.246 e. The van der Waals surface area contributed by atoms with E-state index in [4.69, 9.17) is 9.47 Å². The molecular weight excluding hydrogens is 428 g/mol. The van der Waals surface area contributed by atoms with Gasteiger partial charge in [0.25, 0.3) is 0 Å². The largest absolute Gasteiger partial charge is 0.497 e. The van der Waals surface area contributed by atoms with Gasteiger partial charge in [-0.25, -0.2) is 8.42 Å². The van der Waals surface area contributed by atoms with E-state index < -0.39 is 22.5 Å². The van der Waals surface area contributed by atoms with Crippen LogP contribution < -0.4 is 19.1 Å². The van der Waals surface area contributed by atoms with E-state index in [0.29, 0.717) is 10.8 Å². The summed E-state index contributed by atoms with van der Waals surface area (Å²) >= 11 is 1.19. The molecule has 0 fully saturated rings. The molecule has 9 nitrogen and oxygen atoms in total. The first-order valence-corrected chi connectivity index (χ1v) is 11.4. The van der Waals surface area contributed by atoms with Crippen molar-refractivity contribution >= 4 is 38.1 Å². The fourth-order valence-electron chi connectivity index (χ4n) is 2.63. The zero-order valence-electron chi connectivity index (χ0n) is 16.5. The number of anilines is 2. The van der Waals surface area contributed by atoms with Crippen LogP contribution in [0.4, 0.5) is 10.8 Å². The van der Waals surface area contributed by atoms with Crippen molar-refractivity contribution in [1.82, 2.24) is 10.2 Å². The molecule has 0 aliphatic rings.